The molecule has 1 N–H and O–H groups in total. The van der Waals surface area contributed by atoms with Gasteiger partial charge in [0, 0.05) is 41.1 Å². The Balaban J connectivity index is 0.000000192. The number of carbonyl (C=O) groups excluding carboxylic acids is 1. The van der Waals surface area contributed by atoms with Crippen molar-refractivity contribution in [1.29, 1.82) is 0 Å². The number of methoxy groups -OCH3 is 1. The summed E-state index contributed by atoms with van der Waals surface area (Å²) >= 11 is 0. The number of ketones is 1. The maximum absolute atomic E-state index is 14.1. The lowest BCUT2D eigenvalue weighted by Crippen LogP contribution is -2.37. The molecule has 3 aromatic heterocycles. The molecule has 1 aliphatic heterocycles. The van der Waals surface area contributed by atoms with Gasteiger partial charge in [0.1, 0.15) is 48.4 Å². The van der Waals surface area contributed by atoms with Crippen LogP contribution in [0.5, 0.6) is 11.5 Å². The minimum Gasteiger partial charge on any atom is -0.493 e. The van der Waals surface area contributed by atoms with Gasteiger partial charge in [-0.3, -0.25) is 4.79 Å². The third-order valence-electron chi connectivity index (χ3n) is 9.10. The molecule has 3 aromatic carbocycles. The summed E-state index contributed by atoms with van der Waals surface area (Å²) in [5.74, 6) is -0.302. The Morgan fingerprint density at radius 1 is 0.925 bits per heavy atom. The first-order valence-corrected chi connectivity index (χ1v) is 17.0. The van der Waals surface area contributed by atoms with E-state index in [-0.39, 0.29) is 30.3 Å². The molecule has 0 spiro atoms. The van der Waals surface area contributed by atoms with Crippen LogP contribution in [-0.4, -0.2) is 83.8 Å². The fourth-order valence-electron chi connectivity index (χ4n) is 6.38. The summed E-state index contributed by atoms with van der Waals surface area (Å²) in [7, 11) is 1.57. The number of hydrogen-bond acceptors (Lipinski definition) is 11. The van der Waals surface area contributed by atoms with Gasteiger partial charge < -0.3 is 24.0 Å². The first-order chi connectivity index (χ1) is 25.6. The van der Waals surface area contributed by atoms with Crippen molar-refractivity contribution in [3.8, 4) is 11.5 Å². The minimum atomic E-state index is -1.70. The lowest BCUT2D eigenvalue weighted by molar-refractivity contribution is -0.00856. The van der Waals surface area contributed by atoms with E-state index in [1.807, 2.05) is 0 Å². The summed E-state index contributed by atoms with van der Waals surface area (Å²) in [6, 6.07) is 12.9. The van der Waals surface area contributed by atoms with Gasteiger partial charge in [-0.25, -0.2) is 32.5 Å². The van der Waals surface area contributed by atoms with Crippen LogP contribution in [0.15, 0.2) is 84.4 Å². The molecule has 0 saturated carbocycles. The van der Waals surface area contributed by atoms with Crippen molar-refractivity contribution in [2.24, 2.45) is 0 Å². The molecule has 0 unspecified atom stereocenters. The molecule has 278 valence electrons. The van der Waals surface area contributed by atoms with Crippen LogP contribution >= 0.6 is 0 Å². The van der Waals surface area contributed by atoms with Crippen LogP contribution in [0.4, 0.5) is 13.2 Å². The third kappa shape index (κ3) is 9.25. The van der Waals surface area contributed by atoms with Gasteiger partial charge in [-0.05, 0) is 75.7 Å². The number of aromatic nitrogens is 7. The van der Waals surface area contributed by atoms with Crippen LogP contribution in [0.25, 0.3) is 11.0 Å². The van der Waals surface area contributed by atoms with Crippen LogP contribution in [0.3, 0.4) is 0 Å². The molecule has 0 aliphatic carbocycles. The number of nitrogens with zero attached hydrogens (tertiary/aromatic N) is 8. The van der Waals surface area contributed by atoms with E-state index in [0.29, 0.717) is 35.2 Å². The van der Waals surface area contributed by atoms with Crippen molar-refractivity contribution < 1.29 is 37.1 Å². The van der Waals surface area contributed by atoms with Crippen LogP contribution in [0.2, 0.25) is 0 Å². The second-order valence-corrected chi connectivity index (χ2v) is 12.8. The van der Waals surface area contributed by atoms with Gasteiger partial charge >= 0.3 is 0 Å². The zero-order valence-corrected chi connectivity index (χ0v) is 29.2. The highest BCUT2D eigenvalue weighted by Crippen LogP contribution is 2.33. The molecule has 0 radical (unpaired) electrons. The van der Waals surface area contributed by atoms with Gasteiger partial charge in [-0.15, -0.1) is 0 Å². The van der Waals surface area contributed by atoms with Gasteiger partial charge in [0.15, 0.2) is 22.9 Å². The van der Waals surface area contributed by atoms with Gasteiger partial charge in [0.25, 0.3) is 0 Å². The van der Waals surface area contributed by atoms with E-state index >= 15 is 0 Å². The van der Waals surface area contributed by atoms with E-state index in [0.717, 1.165) is 62.1 Å². The fraction of sp³-hybridized carbons (Fsp3) is 0.351. The molecule has 4 heterocycles. The molecule has 1 fully saturated rings. The number of piperidine rings is 1. The van der Waals surface area contributed by atoms with Crippen LogP contribution in [-0.2, 0) is 18.7 Å². The molecule has 0 atom stereocenters. The summed E-state index contributed by atoms with van der Waals surface area (Å²) in [5.41, 5.74) is 0.316. The lowest BCUT2D eigenvalue weighted by atomic mass is 9.91. The minimum absolute atomic E-state index is 0.000894. The highest BCUT2D eigenvalue weighted by Gasteiger charge is 2.34. The fourth-order valence-corrected chi connectivity index (χ4v) is 6.38. The molecule has 53 heavy (non-hydrogen) atoms. The Bertz CT molecular complexity index is 2060. The second-order valence-electron chi connectivity index (χ2n) is 12.8. The SMILES string of the molecule is COc1cc(C(C)=O)ccc1OCCCN1CCC(c2noc3cc(F)ccc23)CC1.OC(Cn1cncn1)(Cn1cncn1)c1ccc(F)cc1F. The summed E-state index contributed by atoms with van der Waals surface area (Å²) in [6.45, 7) is 4.88. The van der Waals surface area contributed by atoms with Crippen molar-refractivity contribution in [2.75, 3.05) is 33.4 Å². The van der Waals surface area contributed by atoms with Crippen LogP contribution in [0, 0.1) is 17.5 Å². The Hall–Kier alpha value is -5.61. The standard InChI is InChI=1S/C24H27FN2O4.C13H12F2N6O/c1-16(28)18-4-7-21(23(14-18)29-2)30-13-3-10-27-11-8-17(9-12-27)24-20-6-5-19(25)15-22(20)31-26-24;14-10-1-2-11(12(15)3-10)13(22,4-20-8-16-6-18-20)5-21-9-17-7-19-21/h4-7,14-15,17H,3,8-13H2,1-2H3;1-3,6-9,22H,4-5H2. The number of carbonyl (C=O) groups is 1. The number of ether oxygens (including phenoxy) is 2. The Morgan fingerprint density at radius 3 is 2.23 bits per heavy atom. The molecule has 1 saturated heterocycles. The molecular formula is C37H39F3N8O5. The lowest BCUT2D eigenvalue weighted by Gasteiger charge is -2.31. The van der Waals surface area contributed by atoms with Gasteiger partial charge in [-0.1, -0.05) is 11.2 Å². The van der Waals surface area contributed by atoms with Gasteiger partial charge in [-0.2, -0.15) is 10.2 Å². The predicted octanol–water partition coefficient (Wildman–Crippen LogP) is 5.56. The monoisotopic (exact) mass is 732 g/mol. The summed E-state index contributed by atoms with van der Waals surface area (Å²) in [6.07, 6.45) is 8.30. The van der Waals surface area contributed by atoms with E-state index in [1.54, 1.807) is 31.4 Å². The van der Waals surface area contributed by atoms with Crippen LogP contribution in [0.1, 0.15) is 53.7 Å². The maximum atomic E-state index is 14.1. The number of hydrogen-bond donors (Lipinski definition) is 1. The zero-order chi connectivity index (χ0) is 37.4. The van der Waals surface area contributed by atoms with E-state index in [9.17, 15) is 23.1 Å². The van der Waals surface area contributed by atoms with E-state index in [4.69, 9.17) is 14.0 Å². The van der Waals surface area contributed by atoms with Crippen molar-refractivity contribution in [2.45, 2.75) is 50.8 Å². The second kappa shape index (κ2) is 16.8. The molecular weight excluding hydrogens is 693 g/mol. The van der Waals surface area contributed by atoms with Crippen molar-refractivity contribution >= 4 is 16.8 Å². The Kier molecular flexibility index (Phi) is 11.8. The molecule has 1 aliphatic rings. The largest absolute Gasteiger partial charge is 0.493 e. The quantitative estimate of drug-likeness (QED) is 0.118. The van der Waals surface area contributed by atoms with Gasteiger partial charge in [0.2, 0.25) is 0 Å². The van der Waals surface area contributed by atoms with Crippen LogP contribution < -0.4 is 9.47 Å². The van der Waals surface area contributed by atoms with E-state index < -0.39 is 17.2 Å². The highest BCUT2D eigenvalue weighted by molar-refractivity contribution is 5.94. The number of benzene rings is 3. The topological polar surface area (TPSA) is 146 Å². The Morgan fingerprint density at radius 2 is 1.60 bits per heavy atom. The number of halogens is 3. The number of fused-ring (bicyclic) bond motifs is 1. The molecule has 13 nitrogen and oxygen atoms in total. The number of Topliss-reactive ketones (excluding diaryl/α,β-unsaturated/α-hetero) is 1. The number of aliphatic hydroxyl groups is 1. The molecule has 0 amide bonds. The maximum Gasteiger partial charge on any atom is 0.170 e. The molecule has 6 aromatic rings. The first-order valence-electron chi connectivity index (χ1n) is 17.0. The highest BCUT2D eigenvalue weighted by atomic mass is 19.1. The normalized spacial score (nSPS) is 13.8. The van der Waals surface area contributed by atoms with Gasteiger partial charge in [0.05, 0.1) is 32.5 Å². The number of rotatable bonds is 13. The van der Waals surface area contributed by atoms with E-state index in [2.05, 4.69) is 30.2 Å². The molecule has 16 heteroatoms. The van der Waals surface area contributed by atoms with Crippen molar-refractivity contribution in [3.63, 3.8) is 0 Å². The number of likely N-dealkylation sites (tertiary alicyclic amines) is 1. The Labute approximate surface area is 303 Å². The smallest absolute Gasteiger partial charge is 0.170 e. The third-order valence-corrected chi connectivity index (χ3v) is 9.10. The molecule has 0 bridgehead atoms. The predicted molar refractivity (Wildman–Crippen MR) is 186 cm³/mol. The zero-order valence-electron chi connectivity index (χ0n) is 29.2. The van der Waals surface area contributed by atoms with E-state index in [1.165, 1.54) is 59.8 Å². The summed E-state index contributed by atoms with van der Waals surface area (Å²) in [5, 5.41) is 23.9. The van der Waals surface area contributed by atoms with Crippen molar-refractivity contribution in [3.05, 3.63) is 114 Å². The average Bonchev–Trinajstić information content (AvgIpc) is 3.94. The summed E-state index contributed by atoms with van der Waals surface area (Å²) < 4.78 is 59.9. The van der Waals surface area contributed by atoms with Crippen molar-refractivity contribution in [1.82, 2.24) is 39.6 Å². The molecule has 7 rings (SSSR count). The summed E-state index contributed by atoms with van der Waals surface area (Å²) in [4.78, 5) is 21.5. The first kappa shape index (κ1) is 37.2. The average molecular weight is 733 g/mol.